The molecule has 11 heavy (non-hydrogen) atoms. The maximum atomic E-state index is 8.73. The summed E-state index contributed by atoms with van der Waals surface area (Å²) in [5.74, 6) is 0. The Labute approximate surface area is 74.4 Å². The van der Waals surface area contributed by atoms with Crippen LogP contribution in [-0.2, 0) is 5.41 Å². The lowest BCUT2D eigenvalue weighted by atomic mass is 9.97. The van der Waals surface area contributed by atoms with Crippen LogP contribution in [0.25, 0.3) is 0 Å². The Balaban J connectivity index is 3.04. The van der Waals surface area contributed by atoms with Crippen LogP contribution < -0.4 is 0 Å². The number of halogens is 1. The fourth-order valence-electron chi connectivity index (χ4n) is 0.591. The van der Waals surface area contributed by atoms with Crippen molar-refractivity contribution in [3.05, 3.63) is 15.5 Å². The molecule has 0 unspecified atom stereocenters. The van der Waals surface area contributed by atoms with Gasteiger partial charge in [0, 0.05) is 0 Å². The molecule has 0 spiro atoms. The average molecular weight is 187 g/mol. The van der Waals surface area contributed by atoms with E-state index in [-0.39, 0.29) is 0 Å². The van der Waals surface area contributed by atoms with E-state index in [1.165, 1.54) is 11.3 Å². The van der Waals surface area contributed by atoms with Crippen molar-refractivity contribution in [1.29, 1.82) is 5.26 Å². The standard InChI is InChI=1S/C7H7ClN2S/c1-7(2,4-9)6-10-3-5(8)11-6/h3H,1-2H3. The van der Waals surface area contributed by atoms with E-state index in [1.54, 1.807) is 6.20 Å². The molecule has 0 saturated carbocycles. The normalized spacial score (nSPS) is 11.1. The zero-order valence-corrected chi connectivity index (χ0v) is 7.83. The first-order valence-corrected chi connectivity index (χ1v) is 4.29. The third kappa shape index (κ3) is 1.70. The van der Waals surface area contributed by atoms with Crippen molar-refractivity contribution in [1.82, 2.24) is 4.98 Å². The minimum atomic E-state index is -0.516. The van der Waals surface area contributed by atoms with Crippen molar-refractivity contribution in [2.75, 3.05) is 0 Å². The van der Waals surface area contributed by atoms with Gasteiger partial charge in [0.1, 0.15) is 14.8 Å². The molecular weight excluding hydrogens is 180 g/mol. The highest BCUT2D eigenvalue weighted by Gasteiger charge is 2.23. The summed E-state index contributed by atoms with van der Waals surface area (Å²) in [6.07, 6.45) is 1.57. The number of hydrogen-bond donors (Lipinski definition) is 0. The molecular formula is C7H7ClN2S. The van der Waals surface area contributed by atoms with Crippen molar-refractivity contribution in [3.8, 4) is 6.07 Å². The van der Waals surface area contributed by atoms with Crippen molar-refractivity contribution in [2.45, 2.75) is 19.3 Å². The summed E-state index contributed by atoms with van der Waals surface area (Å²) in [4.78, 5) is 4.02. The molecule has 0 aliphatic heterocycles. The predicted molar refractivity (Wildman–Crippen MR) is 45.8 cm³/mol. The first-order valence-electron chi connectivity index (χ1n) is 3.09. The van der Waals surface area contributed by atoms with Gasteiger partial charge in [0.2, 0.25) is 0 Å². The molecule has 0 amide bonds. The first-order chi connectivity index (χ1) is 5.06. The molecule has 0 aromatic carbocycles. The second kappa shape index (κ2) is 2.80. The van der Waals surface area contributed by atoms with Crippen LogP contribution in [0.4, 0.5) is 0 Å². The molecule has 0 fully saturated rings. The van der Waals surface area contributed by atoms with Crippen LogP contribution in [0.3, 0.4) is 0 Å². The molecule has 0 saturated heterocycles. The Morgan fingerprint density at radius 3 is 2.73 bits per heavy atom. The van der Waals surface area contributed by atoms with Crippen LogP contribution in [0.1, 0.15) is 18.9 Å². The molecule has 0 atom stereocenters. The summed E-state index contributed by atoms with van der Waals surface area (Å²) in [5.41, 5.74) is -0.516. The smallest absolute Gasteiger partial charge is 0.114 e. The lowest BCUT2D eigenvalue weighted by Gasteiger charge is -2.09. The third-order valence-corrected chi connectivity index (χ3v) is 2.73. The van der Waals surface area contributed by atoms with E-state index in [2.05, 4.69) is 11.1 Å². The lowest BCUT2D eigenvalue weighted by Crippen LogP contribution is -2.12. The van der Waals surface area contributed by atoms with E-state index in [0.29, 0.717) is 4.34 Å². The van der Waals surface area contributed by atoms with Gasteiger partial charge in [-0.25, -0.2) is 4.98 Å². The number of nitriles is 1. The van der Waals surface area contributed by atoms with Gasteiger partial charge in [-0.2, -0.15) is 5.26 Å². The van der Waals surface area contributed by atoms with Crippen LogP contribution >= 0.6 is 22.9 Å². The van der Waals surface area contributed by atoms with Crippen LogP contribution in [0.15, 0.2) is 6.20 Å². The topological polar surface area (TPSA) is 36.7 Å². The van der Waals surface area contributed by atoms with Gasteiger partial charge in [0.15, 0.2) is 0 Å². The van der Waals surface area contributed by atoms with Gasteiger partial charge in [-0.1, -0.05) is 11.6 Å². The Kier molecular flexibility index (Phi) is 2.17. The van der Waals surface area contributed by atoms with Crippen LogP contribution in [0.2, 0.25) is 4.34 Å². The summed E-state index contributed by atoms with van der Waals surface area (Å²) in [5, 5.41) is 9.50. The minimum Gasteiger partial charge on any atom is -0.246 e. The zero-order valence-electron chi connectivity index (χ0n) is 6.26. The van der Waals surface area contributed by atoms with Crippen molar-refractivity contribution >= 4 is 22.9 Å². The molecule has 4 heteroatoms. The third-order valence-electron chi connectivity index (χ3n) is 1.29. The van der Waals surface area contributed by atoms with Crippen LogP contribution in [0, 0.1) is 11.3 Å². The van der Waals surface area contributed by atoms with E-state index in [0.717, 1.165) is 5.01 Å². The Bertz CT molecular complexity index is 298. The summed E-state index contributed by atoms with van der Waals surface area (Å²) in [6.45, 7) is 3.64. The lowest BCUT2D eigenvalue weighted by molar-refractivity contribution is 0.680. The molecule has 0 aliphatic carbocycles. The van der Waals surface area contributed by atoms with Gasteiger partial charge in [-0.3, -0.25) is 0 Å². The van der Waals surface area contributed by atoms with E-state index in [9.17, 15) is 0 Å². The number of aromatic nitrogens is 1. The Morgan fingerprint density at radius 1 is 1.73 bits per heavy atom. The maximum Gasteiger partial charge on any atom is 0.114 e. The van der Waals surface area contributed by atoms with Gasteiger partial charge in [-0.15, -0.1) is 11.3 Å². The van der Waals surface area contributed by atoms with E-state index in [1.807, 2.05) is 13.8 Å². The second-order valence-electron chi connectivity index (χ2n) is 2.71. The van der Waals surface area contributed by atoms with Gasteiger partial charge in [0.05, 0.1) is 12.3 Å². The van der Waals surface area contributed by atoms with E-state index < -0.39 is 5.41 Å². The van der Waals surface area contributed by atoms with Crippen molar-refractivity contribution in [3.63, 3.8) is 0 Å². The summed E-state index contributed by atoms with van der Waals surface area (Å²) >= 11 is 7.02. The van der Waals surface area contributed by atoms with Crippen LogP contribution in [0.5, 0.6) is 0 Å². The number of thiazole rings is 1. The number of rotatable bonds is 1. The summed E-state index contributed by atoms with van der Waals surface area (Å²) < 4.78 is 0.628. The molecule has 1 aromatic rings. The summed E-state index contributed by atoms with van der Waals surface area (Å²) in [6, 6.07) is 2.16. The summed E-state index contributed by atoms with van der Waals surface area (Å²) in [7, 11) is 0. The highest BCUT2D eigenvalue weighted by molar-refractivity contribution is 7.16. The van der Waals surface area contributed by atoms with Gasteiger partial charge >= 0.3 is 0 Å². The largest absolute Gasteiger partial charge is 0.246 e. The molecule has 58 valence electrons. The minimum absolute atomic E-state index is 0.516. The molecule has 0 N–H and O–H groups in total. The number of hydrogen-bond acceptors (Lipinski definition) is 3. The fourth-order valence-corrected chi connectivity index (χ4v) is 1.56. The molecule has 1 aromatic heterocycles. The molecule has 0 radical (unpaired) electrons. The van der Waals surface area contributed by atoms with Gasteiger partial charge < -0.3 is 0 Å². The molecule has 0 bridgehead atoms. The average Bonchev–Trinajstić information content (AvgIpc) is 2.36. The maximum absolute atomic E-state index is 8.73. The van der Waals surface area contributed by atoms with Crippen LogP contribution in [-0.4, -0.2) is 4.98 Å². The Morgan fingerprint density at radius 2 is 2.36 bits per heavy atom. The second-order valence-corrected chi connectivity index (χ2v) is 4.37. The van der Waals surface area contributed by atoms with Gasteiger partial charge in [0.25, 0.3) is 0 Å². The SMILES string of the molecule is CC(C)(C#N)c1ncc(Cl)s1. The quantitative estimate of drug-likeness (QED) is 0.676. The molecule has 0 aliphatic rings. The molecule has 2 nitrogen and oxygen atoms in total. The molecule has 1 rings (SSSR count). The van der Waals surface area contributed by atoms with Gasteiger partial charge in [-0.05, 0) is 13.8 Å². The Hall–Kier alpha value is -0.590. The highest BCUT2D eigenvalue weighted by Crippen LogP contribution is 2.28. The zero-order chi connectivity index (χ0) is 8.48. The van der Waals surface area contributed by atoms with Crippen molar-refractivity contribution in [2.24, 2.45) is 0 Å². The van der Waals surface area contributed by atoms with Crippen molar-refractivity contribution < 1.29 is 0 Å². The first kappa shape index (κ1) is 8.51. The van der Waals surface area contributed by atoms with E-state index >= 15 is 0 Å². The fraction of sp³-hybridized carbons (Fsp3) is 0.429. The monoisotopic (exact) mass is 186 g/mol. The van der Waals surface area contributed by atoms with E-state index in [4.69, 9.17) is 16.9 Å². The predicted octanol–water partition coefficient (Wildman–Crippen LogP) is 2.60. The molecule has 1 heterocycles. The number of nitrogens with zero attached hydrogens (tertiary/aromatic N) is 2. The highest BCUT2D eigenvalue weighted by atomic mass is 35.5.